The number of halogens is 1. The van der Waals surface area contributed by atoms with Crippen molar-refractivity contribution in [3.05, 3.63) is 29.3 Å². The van der Waals surface area contributed by atoms with Gasteiger partial charge in [0.1, 0.15) is 12.4 Å². The van der Waals surface area contributed by atoms with Gasteiger partial charge in [-0.2, -0.15) is 0 Å². The van der Waals surface area contributed by atoms with E-state index in [0.29, 0.717) is 23.6 Å². The molecule has 1 heterocycles. The van der Waals surface area contributed by atoms with E-state index in [1.165, 1.54) is 0 Å². The molecule has 0 aliphatic carbocycles. The van der Waals surface area contributed by atoms with Crippen LogP contribution in [-0.4, -0.2) is 32.4 Å². The predicted molar refractivity (Wildman–Crippen MR) is 82.6 cm³/mol. The molecule has 112 valence electrons. The lowest BCUT2D eigenvalue weighted by Crippen LogP contribution is -2.43. The lowest BCUT2D eigenvalue weighted by atomic mass is 9.92. The van der Waals surface area contributed by atoms with Gasteiger partial charge in [0.05, 0.1) is 0 Å². The second kappa shape index (κ2) is 8.50. The van der Waals surface area contributed by atoms with Crippen molar-refractivity contribution < 1.29 is 9.47 Å². The largest absolute Gasteiger partial charge is 0.492 e. The molecule has 1 aromatic rings. The van der Waals surface area contributed by atoms with Crippen molar-refractivity contribution >= 4 is 11.6 Å². The zero-order valence-electron chi connectivity index (χ0n) is 12.1. The average molecular weight is 298 g/mol. The van der Waals surface area contributed by atoms with Gasteiger partial charge >= 0.3 is 0 Å². The highest BCUT2D eigenvalue weighted by atomic mass is 35.5. The minimum Gasteiger partial charge on any atom is -0.492 e. The third kappa shape index (κ3) is 4.97. The van der Waals surface area contributed by atoms with Gasteiger partial charge in [0.15, 0.2) is 0 Å². The van der Waals surface area contributed by atoms with Gasteiger partial charge in [-0.25, -0.2) is 0 Å². The van der Waals surface area contributed by atoms with Crippen LogP contribution >= 0.6 is 11.6 Å². The first-order valence-electron chi connectivity index (χ1n) is 7.49. The molecule has 0 saturated carbocycles. The number of ether oxygens (including phenoxy) is 2. The van der Waals surface area contributed by atoms with Gasteiger partial charge in [-0.1, -0.05) is 24.6 Å². The van der Waals surface area contributed by atoms with E-state index in [2.05, 4.69) is 12.2 Å². The van der Waals surface area contributed by atoms with Gasteiger partial charge < -0.3 is 14.8 Å². The molecular formula is C16H24ClNO2. The van der Waals surface area contributed by atoms with Crippen molar-refractivity contribution in [2.75, 3.05) is 26.4 Å². The zero-order chi connectivity index (χ0) is 14.2. The van der Waals surface area contributed by atoms with Crippen molar-refractivity contribution in [1.82, 2.24) is 5.32 Å². The Morgan fingerprint density at radius 1 is 1.40 bits per heavy atom. The maximum absolute atomic E-state index is 5.98. The molecule has 1 N–H and O–H groups in total. The Hall–Kier alpha value is -0.770. The third-order valence-corrected chi connectivity index (χ3v) is 3.95. The maximum Gasteiger partial charge on any atom is 0.120 e. The van der Waals surface area contributed by atoms with Crippen molar-refractivity contribution in [3.63, 3.8) is 0 Å². The molecule has 1 saturated heterocycles. The summed E-state index contributed by atoms with van der Waals surface area (Å²) in [7, 11) is 0. The van der Waals surface area contributed by atoms with E-state index in [0.717, 1.165) is 44.8 Å². The molecule has 0 spiro atoms. The van der Waals surface area contributed by atoms with Gasteiger partial charge in [-0.15, -0.1) is 0 Å². The summed E-state index contributed by atoms with van der Waals surface area (Å²) in [5, 5.41) is 4.32. The molecule has 1 unspecified atom stereocenters. The van der Waals surface area contributed by atoms with Gasteiger partial charge in [0.2, 0.25) is 0 Å². The van der Waals surface area contributed by atoms with Crippen molar-refractivity contribution in [1.29, 1.82) is 0 Å². The monoisotopic (exact) mass is 297 g/mol. The molecule has 1 atom stereocenters. The summed E-state index contributed by atoms with van der Waals surface area (Å²) in [5.41, 5.74) is 0. The summed E-state index contributed by atoms with van der Waals surface area (Å²) >= 11 is 5.98. The molecule has 1 aromatic carbocycles. The quantitative estimate of drug-likeness (QED) is 0.835. The normalized spacial score (nSPS) is 17.9. The molecular weight excluding hydrogens is 274 g/mol. The van der Waals surface area contributed by atoms with E-state index in [1.54, 1.807) is 0 Å². The predicted octanol–water partition coefficient (Wildman–Crippen LogP) is 3.51. The Morgan fingerprint density at radius 3 is 2.90 bits per heavy atom. The number of hydrogen-bond donors (Lipinski definition) is 1. The Kier molecular flexibility index (Phi) is 6.64. The van der Waals surface area contributed by atoms with Crippen LogP contribution in [0.1, 0.15) is 26.2 Å². The molecule has 0 bridgehead atoms. The second-order valence-corrected chi connectivity index (χ2v) is 5.72. The van der Waals surface area contributed by atoms with Gasteiger partial charge in [0, 0.05) is 24.3 Å². The molecule has 1 aliphatic heterocycles. The number of nitrogens with one attached hydrogen (secondary N) is 1. The standard InChI is InChI=1S/C16H24ClNO2/c1-2-8-18-16(13-6-9-19-10-7-13)12-20-15-5-3-4-14(17)11-15/h3-5,11,13,16,18H,2,6-10,12H2,1H3. The van der Waals surface area contributed by atoms with Crippen LogP contribution in [0.25, 0.3) is 0 Å². The van der Waals surface area contributed by atoms with Crippen LogP contribution in [0.15, 0.2) is 24.3 Å². The molecule has 1 fully saturated rings. The number of rotatable bonds is 7. The third-order valence-electron chi connectivity index (χ3n) is 3.72. The Balaban J connectivity index is 1.89. The molecule has 3 nitrogen and oxygen atoms in total. The van der Waals surface area contributed by atoms with Crippen molar-refractivity contribution in [2.24, 2.45) is 5.92 Å². The van der Waals surface area contributed by atoms with E-state index in [-0.39, 0.29) is 0 Å². The van der Waals surface area contributed by atoms with Crippen LogP contribution in [0.5, 0.6) is 5.75 Å². The smallest absolute Gasteiger partial charge is 0.120 e. The molecule has 20 heavy (non-hydrogen) atoms. The first kappa shape index (κ1) is 15.6. The SMILES string of the molecule is CCCNC(COc1cccc(Cl)c1)C1CCOCC1. The van der Waals surface area contributed by atoms with Crippen LogP contribution in [0.2, 0.25) is 5.02 Å². The van der Waals surface area contributed by atoms with E-state index >= 15 is 0 Å². The summed E-state index contributed by atoms with van der Waals surface area (Å²) in [6.45, 7) is 5.63. The summed E-state index contributed by atoms with van der Waals surface area (Å²) in [5.74, 6) is 1.47. The number of benzene rings is 1. The lowest BCUT2D eigenvalue weighted by Gasteiger charge is -2.31. The maximum atomic E-state index is 5.98. The van der Waals surface area contributed by atoms with Crippen molar-refractivity contribution in [3.8, 4) is 5.75 Å². The lowest BCUT2D eigenvalue weighted by molar-refractivity contribution is 0.0460. The van der Waals surface area contributed by atoms with E-state index in [9.17, 15) is 0 Å². The summed E-state index contributed by atoms with van der Waals surface area (Å²) in [6, 6.07) is 7.98. The number of hydrogen-bond acceptors (Lipinski definition) is 3. The first-order chi connectivity index (χ1) is 9.79. The fraction of sp³-hybridized carbons (Fsp3) is 0.625. The fourth-order valence-electron chi connectivity index (χ4n) is 2.55. The first-order valence-corrected chi connectivity index (χ1v) is 7.87. The van der Waals surface area contributed by atoms with E-state index in [4.69, 9.17) is 21.1 Å². The molecule has 0 radical (unpaired) electrons. The Bertz CT molecular complexity index is 394. The highest BCUT2D eigenvalue weighted by Gasteiger charge is 2.24. The highest BCUT2D eigenvalue weighted by Crippen LogP contribution is 2.21. The molecule has 4 heteroatoms. The molecule has 2 rings (SSSR count). The van der Waals surface area contributed by atoms with Crippen LogP contribution in [-0.2, 0) is 4.74 Å². The second-order valence-electron chi connectivity index (χ2n) is 5.28. The topological polar surface area (TPSA) is 30.5 Å². The van der Waals surface area contributed by atoms with Crippen LogP contribution in [0, 0.1) is 5.92 Å². The summed E-state index contributed by atoms with van der Waals surface area (Å²) < 4.78 is 11.4. The van der Waals surface area contributed by atoms with E-state index in [1.807, 2.05) is 24.3 Å². The zero-order valence-corrected chi connectivity index (χ0v) is 12.9. The molecule has 1 aliphatic rings. The van der Waals surface area contributed by atoms with Crippen LogP contribution in [0.3, 0.4) is 0 Å². The molecule has 0 aromatic heterocycles. The minimum atomic E-state index is 0.387. The highest BCUT2D eigenvalue weighted by molar-refractivity contribution is 6.30. The Labute approximate surface area is 126 Å². The fourth-order valence-corrected chi connectivity index (χ4v) is 2.73. The van der Waals surface area contributed by atoms with E-state index < -0.39 is 0 Å². The van der Waals surface area contributed by atoms with Crippen molar-refractivity contribution in [2.45, 2.75) is 32.2 Å². The van der Waals surface area contributed by atoms with Crippen LogP contribution in [0.4, 0.5) is 0 Å². The van der Waals surface area contributed by atoms with Crippen LogP contribution < -0.4 is 10.1 Å². The Morgan fingerprint density at radius 2 is 2.20 bits per heavy atom. The van der Waals surface area contributed by atoms with Gasteiger partial charge in [0.25, 0.3) is 0 Å². The average Bonchev–Trinajstić information content (AvgIpc) is 2.48. The summed E-state index contributed by atoms with van der Waals surface area (Å²) in [4.78, 5) is 0. The van der Waals surface area contributed by atoms with Gasteiger partial charge in [-0.3, -0.25) is 0 Å². The minimum absolute atomic E-state index is 0.387. The molecule has 0 amide bonds. The summed E-state index contributed by atoms with van der Waals surface area (Å²) in [6.07, 6.45) is 3.36. The van der Waals surface area contributed by atoms with Gasteiger partial charge in [-0.05, 0) is 49.9 Å².